The highest BCUT2D eigenvalue weighted by Gasteiger charge is 2.35. The molecule has 0 bridgehead atoms. The van der Waals surface area contributed by atoms with Gasteiger partial charge in [-0.05, 0) is 29.1 Å². The minimum atomic E-state index is -0.272. The van der Waals surface area contributed by atoms with E-state index in [0.29, 0.717) is 28.8 Å². The van der Waals surface area contributed by atoms with Crippen LogP contribution in [0.5, 0.6) is 0 Å². The number of hydrogen-bond acceptors (Lipinski definition) is 4. The number of fused-ring (bicyclic) bond motifs is 2. The van der Waals surface area contributed by atoms with Crippen molar-refractivity contribution < 1.29 is 19.2 Å². The predicted molar refractivity (Wildman–Crippen MR) is 123 cm³/mol. The minimum absolute atomic E-state index is 0.123. The Kier molecular flexibility index (Phi) is 7.55. The zero-order valence-corrected chi connectivity index (χ0v) is 19.4. The summed E-state index contributed by atoms with van der Waals surface area (Å²) in [7, 11) is 0. The molecule has 4 amide bonds. The molecular weight excluding hydrogens is 528 g/mol. The molecule has 0 atom stereocenters. The highest BCUT2D eigenvalue weighted by molar-refractivity contribution is 9.12. The summed E-state index contributed by atoms with van der Waals surface area (Å²) in [4.78, 5) is 52.1. The van der Waals surface area contributed by atoms with Crippen LogP contribution in [-0.2, 0) is 0 Å². The van der Waals surface area contributed by atoms with E-state index in [0.717, 1.165) is 10.2 Å². The second kappa shape index (κ2) is 10.3. The lowest BCUT2D eigenvalue weighted by molar-refractivity contribution is 0.0658. The second-order valence-corrected chi connectivity index (χ2v) is 7.45. The monoisotopic (exact) mass is 542 g/mol. The van der Waals surface area contributed by atoms with Gasteiger partial charge < -0.3 is 0 Å². The van der Waals surface area contributed by atoms with E-state index in [9.17, 15) is 19.2 Å². The van der Waals surface area contributed by atoms with Gasteiger partial charge in [0.15, 0.2) is 0 Å². The van der Waals surface area contributed by atoms with Gasteiger partial charge in [0, 0.05) is 27.8 Å². The van der Waals surface area contributed by atoms with Crippen molar-refractivity contribution in [3.8, 4) is 10.8 Å². The number of carbonyl (C=O) groups excluding carboxylic acids is 4. The van der Waals surface area contributed by atoms with Crippen LogP contribution in [-0.4, -0.2) is 51.8 Å². The summed E-state index contributed by atoms with van der Waals surface area (Å²) in [5.74, 6) is 1.68. The van der Waals surface area contributed by atoms with Crippen LogP contribution in [0.2, 0.25) is 0 Å². The van der Waals surface area contributed by atoms with Crippen LogP contribution < -0.4 is 0 Å². The SMILES string of the molecule is O=C1c2ccccc2C(=O)N1C/C=C/CBr.O=C1c2ccccc2C(=O)N1CC#CBr. The lowest BCUT2D eigenvalue weighted by Crippen LogP contribution is -2.29. The normalized spacial score (nSPS) is 14.3. The van der Waals surface area contributed by atoms with Crippen molar-refractivity contribution in [2.24, 2.45) is 0 Å². The van der Waals surface area contributed by atoms with Crippen LogP contribution >= 0.6 is 31.9 Å². The van der Waals surface area contributed by atoms with Gasteiger partial charge in [-0.1, -0.05) is 58.3 Å². The number of alkyl halides is 1. The van der Waals surface area contributed by atoms with E-state index in [1.807, 2.05) is 6.08 Å². The molecule has 8 heteroatoms. The Balaban J connectivity index is 0.000000176. The first kappa shape index (κ1) is 22.7. The lowest BCUT2D eigenvalue weighted by Gasteiger charge is -2.09. The molecule has 0 aliphatic carbocycles. The molecule has 0 saturated carbocycles. The van der Waals surface area contributed by atoms with E-state index >= 15 is 0 Å². The Labute approximate surface area is 196 Å². The molecule has 0 radical (unpaired) electrons. The van der Waals surface area contributed by atoms with E-state index < -0.39 is 0 Å². The summed E-state index contributed by atoms with van der Waals surface area (Å²) in [6.45, 7) is 0.454. The van der Waals surface area contributed by atoms with Crippen LogP contribution in [0.3, 0.4) is 0 Å². The molecule has 0 unspecified atom stereocenters. The molecule has 2 heterocycles. The smallest absolute Gasteiger partial charge is 0.262 e. The summed E-state index contributed by atoms with van der Waals surface area (Å²) in [6.07, 6.45) is 3.67. The highest BCUT2D eigenvalue weighted by atomic mass is 79.9. The Morgan fingerprint density at radius 2 is 1.13 bits per heavy atom. The van der Waals surface area contributed by atoms with Crippen LogP contribution in [0, 0.1) is 10.8 Å². The summed E-state index contributed by atoms with van der Waals surface area (Å²) in [6, 6.07) is 13.7. The predicted octanol–water partition coefficient (Wildman–Crippen LogP) is 3.87. The maximum Gasteiger partial charge on any atom is 0.262 e. The third-order valence-corrected chi connectivity index (χ3v) is 5.26. The molecule has 156 valence electrons. The van der Waals surface area contributed by atoms with E-state index in [-0.39, 0.29) is 30.2 Å². The van der Waals surface area contributed by atoms with E-state index in [1.165, 1.54) is 4.90 Å². The van der Waals surface area contributed by atoms with Gasteiger partial charge in [0.2, 0.25) is 0 Å². The second-order valence-electron chi connectivity index (χ2n) is 6.41. The number of hydrogen-bond donors (Lipinski definition) is 0. The van der Waals surface area contributed by atoms with Crippen molar-refractivity contribution in [2.75, 3.05) is 18.4 Å². The van der Waals surface area contributed by atoms with Crippen molar-refractivity contribution in [3.05, 3.63) is 82.9 Å². The molecule has 2 aromatic rings. The summed E-state index contributed by atoms with van der Waals surface area (Å²) >= 11 is 6.16. The largest absolute Gasteiger partial charge is 0.270 e. The standard InChI is InChI=1S/C12H10BrNO2.C11H6BrNO2/c13-7-3-4-8-14-11(15)9-5-1-2-6-10(9)12(14)16;12-6-3-7-13-10(14)8-4-1-2-5-9(8)11(13)15/h1-6H,7-8H2;1-2,4-5H,7H2/b4-3+;. The molecule has 2 aliphatic heterocycles. The number of allylic oxidation sites excluding steroid dienone is 1. The van der Waals surface area contributed by atoms with Crippen molar-refractivity contribution >= 4 is 55.5 Å². The first-order valence-electron chi connectivity index (χ1n) is 9.21. The van der Waals surface area contributed by atoms with Gasteiger partial charge >= 0.3 is 0 Å². The molecular formula is C23H16Br2N2O4. The Hall–Kier alpha value is -3.02. The number of carbonyl (C=O) groups is 4. The minimum Gasteiger partial charge on any atom is -0.270 e. The first-order chi connectivity index (χ1) is 15.0. The quantitative estimate of drug-likeness (QED) is 0.254. The zero-order valence-electron chi connectivity index (χ0n) is 16.2. The topological polar surface area (TPSA) is 74.8 Å². The van der Waals surface area contributed by atoms with Gasteiger partial charge in [-0.3, -0.25) is 29.0 Å². The average Bonchev–Trinajstić information content (AvgIpc) is 3.18. The molecule has 31 heavy (non-hydrogen) atoms. The van der Waals surface area contributed by atoms with E-state index in [4.69, 9.17) is 0 Å². The molecule has 4 rings (SSSR count). The van der Waals surface area contributed by atoms with Crippen LogP contribution in [0.1, 0.15) is 41.4 Å². The van der Waals surface area contributed by atoms with Crippen molar-refractivity contribution in [1.29, 1.82) is 0 Å². The number of halogens is 2. The van der Waals surface area contributed by atoms with Crippen molar-refractivity contribution in [1.82, 2.24) is 9.80 Å². The maximum absolute atomic E-state index is 11.9. The maximum atomic E-state index is 11.9. The third kappa shape index (κ3) is 4.68. The summed E-state index contributed by atoms with van der Waals surface area (Å²) in [5.41, 5.74) is 1.91. The van der Waals surface area contributed by atoms with Gasteiger partial charge in [-0.15, -0.1) is 0 Å². The molecule has 0 N–H and O–H groups in total. The van der Waals surface area contributed by atoms with Gasteiger partial charge in [0.05, 0.1) is 28.8 Å². The molecule has 2 aromatic carbocycles. The lowest BCUT2D eigenvalue weighted by atomic mass is 10.1. The molecule has 6 nitrogen and oxygen atoms in total. The number of amides is 4. The summed E-state index contributed by atoms with van der Waals surface area (Å²) < 4.78 is 0. The molecule has 2 aliphatic rings. The fourth-order valence-corrected chi connectivity index (χ4v) is 3.53. The zero-order chi connectivity index (χ0) is 22.4. The van der Waals surface area contributed by atoms with Gasteiger partial charge in [0.25, 0.3) is 23.6 Å². The fourth-order valence-electron chi connectivity index (χ4n) is 3.14. The van der Waals surface area contributed by atoms with Crippen LogP contribution in [0.25, 0.3) is 0 Å². The summed E-state index contributed by atoms with van der Waals surface area (Å²) in [5, 5.41) is 0.718. The number of benzene rings is 2. The number of nitrogens with zero attached hydrogens (tertiary/aromatic N) is 2. The Morgan fingerprint density at radius 3 is 1.52 bits per heavy atom. The van der Waals surface area contributed by atoms with Crippen LogP contribution in [0.15, 0.2) is 60.7 Å². The average molecular weight is 544 g/mol. The first-order valence-corrected chi connectivity index (χ1v) is 11.1. The van der Waals surface area contributed by atoms with Gasteiger partial charge in [0.1, 0.15) is 0 Å². The van der Waals surface area contributed by atoms with Crippen molar-refractivity contribution in [3.63, 3.8) is 0 Å². The molecule has 0 saturated heterocycles. The van der Waals surface area contributed by atoms with Gasteiger partial charge in [-0.25, -0.2) is 0 Å². The number of rotatable bonds is 4. The van der Waals surface area contributed by atoms with E-state index in [2.05, 4.69) is 42.6 Å². The fraction of sp³-hybridized carbons (Fsp3) is 0.130. The third-order valence-electron chi connectivity index (χ3n) is 4.60. The highest BCUT2D eigenvalue weighted by Crippen LogP contribution is 2.22. The van der Waals surface area contributed by atoms with Crippen LogP contribution in [0.4, 0.5) is 0 Å². The molecule has 0 fully saturated rings. The molecule has 0 aromatic heterocycles. The van der Waals surface area contributed by atoms with Crippen molar-refractivity contribution in [2.45, 2.75) is 0 Å². The number of imide groups is 2. The van der Waals surface area contributed by atoms with E-state index in [1.54, 1.807) is 54.6 Å². The Bertz CT molecular complexity index is 1080. The Morgan fingerprint density at radius 1 is 0.710 bits per heavy atom. The van der Waals surface area contributed by atoms with Gasteiger partial charge in [-0.2, -0.15) is 0 Å². The molecule has 0 spiro atoms.